The molecule has 144 valence electrons. The summed E-state index contributed by atoms with van der Waals surface area (Å²) in [5.74, 6) is 0. The van der Waals surface area contributed by atoms with Crippen LogP contribution in [0, 0.1) is 13.8 Å². The van der Waals surface area contributed by atoms with E-state index in [1.807, 2.05) is 0 Å². The van der Waals surface area contributed by atoms with Crippen molar-refractivity contribution in [1.29, 1.82) is 0 Å². The molecule has 0 aliphatic heterocycles. The molecule has 0 saturated carbocycles. The van der Waals surface area contributed by atoms with Gasteiger partial charge in [0.05, 0.1) is 16.7 Å². The molecule has 0 atom stereocenters. The topological polar surface area (TPSA) is 30.7 Å². The molecule has 2 aromatic heterocycles. The highest BCUT2D eigenvalue weighted by atomic mass is 15.0. The average Bonchev–Trinajstić information content (AvgIpc) is 3.04. The van der Waals surface area contributed by atoms with Gasteiger partial charge in [0.15, 0.2) is 0 Å². The van der Waals surface area contributed by atoms with Gasteiger partial charge in [0.1, 0.15) is 11.8 Å². The van der Waals surface area contributed by atoms with Crippen molar-refractivity contribution in [2.45, 2.75) is 13.8 Å². The summed E-state index contributed by atoms with van der Waals surface area (Å²) >= 11 is 0. The minimum atomic E-state index is 0.973. The standard InChI is InChI=1S/C27H21N3/c1-16-10-21-13-23-24(14-22(21)11-17(16)2)30(3)27-25(28-15-29-26(23)27)20-9-8-18-6-4-5-7-19(18)12-20/h4-15H,1-3H3. The van der Waals surface area contributed by atoms with Crippen LogP contribution >= 0.6 is 0 Å². The Morgan fingerprint density at radius 2 is 1.43 bits per heavy atom. The van der Waals surface area contributed by atoms with Crippen LogP contribution in [0.1, 0.15) is 11.1 Å². The molecule has 2 heterocycles. The van der Waals surface area contributed by atoms with E-state index in [0.29, 0.717) is 0 Å². The predicted octanol–water partition coefficient (Wildman–Crippen LogP) is 6.71. The first-order valence-corrected chi connectivity index (χ1v) is 10.2. The zero-order valence-corrected chi connectivity index (χ0v) is 17.3. The fourth-order valence-electron chi connectivity index (χ4n) is 4.59. The summed E-state index contributed by atoms with van der Waals surface area (Å²) in [7, 11) is 2.12. The van der Waals surface area contributed by atoms with Crippen LogP contribution < -0.4 is 0 Å². The molecule has 0 unspecified atom stereocenters. The van der Waals surface area contributed by atoms with E-state index in [9.17, 15) is 0 Å². The van der Waals surface area contributed by atoms with Crippen molar-refractivity contribution >= 4 is 43.5 Å². The number of hydrogen-bond donors (Lipinski definition) is 0. The monoisotopic (exact) mass is 387 g/mol. The largest absolute Gasteiger partial charge is 0.340 e. The minimum absolute atomic E-state index is 0.973. The number of fused-ring (bicyclic) bond motifs is 5. The fraction of sp³-hybridized carbons (Fsp3) is 0.111. The zero-order chi connectivity index (χ0) is 20.4. The smallest absolute Gasteiger partial charge is 0.116 e. The van der Waals surface area contributed by atoms with E-state index in [1.54, 1.807) is 6.33 Å². The summed E-state index contributed by atoms with van der Waals surface area (Å²) in [4.78, 5) is 9.40. The van der Waals surface area contributed by atoms with Crippen molar-refractivity contribution in [3.05, 3.63) is 84.2 Å². The number of aryl methyl sites for hydroxylation is 3. The number of aromatic nitrogens is 3. The SMILES string of the molecule is Cc1cc2cc3c4ncnc(-c5ccc6ccccc6c5)c4n(C)c3cc2cc1C. The van der Waals surface area contributed by atoms with Gasteiger partial charge in [0.2, 0.25) is 0 Å². The molecule has 0 N–H and O–H groups in total. The molecule has 6 rings (SSSR count). The van der Waals surface area contributed by atoms with E-state index in [0.717, 1.165) is 22.3 Å². The van der Waals surface area contributed by atoms with E-state index in [2.05, 4.69) is 92.2 Å². The molecule has 3 heteroatoms. The molecule has 0 saturated heterocycles. The van der Waals surface area contributed by atoms with Gasteiger partial charge in [-0.15, -0.1) is 0 Å². The first-order valence-electron chi connectivity index (χ1n) is 10.2. The Kier molecular flexibility index (Phi) is 3.51. The second-order valence-electron chi connectivity index (χ2n) is 8.19. The summed E-state index contributed by atoms with van der Waals surface area (Å²) < 4.78 is 2.24. The normalized spacial score (nSPS) is 11.8. The van der Waals surface area contributed by atoms with Crippen molar-refractivity contribution in [3.63, 3.8) is 0 Å². The van der Waals surface area contributed by atoms with Crippen LogP contribution in [0.2, 0.25) is 0 Å². The number of rotatable bonds is 1. The first-order chi connectivity index (χ1) is 14.6. The van der Waals surface area contributed by atoms with Gasteiger partial charge in [-0.2, -0.15) is 0 Å². The molecule has 0 radical (unpaired) electrons. The summed E-state index contributed by atoms with van der Waals surface area (Å²) in [5.41, 5.74) is 7.98. The number of nitrogens with zero attached hydrogens (tertiary/aromatic N) is 3. The van der Waals surface area contributed by atoms with Crippen LogP contribution in [0.15, 0.2) is 73.1 Å². The maximum absolute atomic E-state index is 4.71. The van der Waals surface area contributed by atoms with Gasteiger partial charge >= 0.3 is 0 Å². The Labute approximate surface area is 174 Å². The molecule has 6 aromatic rings. The van der Waals surface area contributed by atoms with Gasteiger partial charge < -0.3 is 4.57 Å². The van der Waals surface area contributed by atoms with Crippen molar-refractivity contribution in [3.8, 4) is 11.3 Å². The molecule has 4 aromatic carbocycles. The zero-order valence-electron chi connectivity index (χ0n) is 17.3. The van der Waals surface area contributed by atoms with Crippen LogP contribution in [0.25, 0.3) is 54.7 Å². The fourth-order valence-corrected chi connectivity index (χ4v) is 4.59. The number of hydrogen-bond acceptors (Lipinski definition) is 2. The maximum atomic E-state index is 4.71. The first kappa shape index (κ1) is 17.2. The molecule has 30 heavy (non-hydrogen) atoms. The van der Waals surface area contributed by atoms with E-state index < -0.39 is 0 Å². The Morgan fingerprint density at radius 1 is 0.700 bits per heavy atom. The molecule has 0 fully saturated rings. The van der Waals surface area contributed by atoms with Crippen molar-refractivity contribution < 1.29 is 0 Å². The Morgan fingerprint density at radius 3 is 2.23 bits per heavy atom. The lowest BCUT2D eigenvalue weighted by Crippen LogP contribution is -1.94. The minimum Gasteiger partial charge on any atom is -0.340 e. The van der Waals surface area contributed by atoms with Gasteiger partial charge in [0.25, 0.3) is 0 Å². The highest BCUT2D eigenvalue weighted by molar-refractivity contribution is 6.13. The Bertz CT molecular complexity index is 1620. The lowest BCUT2D eigenvalue weighted by Gasteiger charge is -2.07. The van der Waals surface area contributed by atoms with Gasteiger partial charge in [-0.05, 0) is 64.7 Å². The third-order valence-corrected chi connectivity index (χ3v) is 6.36. The molecule has 0 bridgehead atoms. The summed E-state index contributed by atoms with van der Waals surface area (Å²) in [6.45, 7) is 4.34. The van der Waals surface area contributed by atoms with E-state index in [-0.39, 0.29) is 0 Å². The molecule has 0 aliphatic rings. The third kappa shape index (κ3) is 2.38. The van der Waals surface area contributed by atoms with Crippen molar-refractivity contribution in [2.75, 3.05) is 0 Å². The molecule has 0 aliphatic carbocycles. The van der Waals surface area contributed by atoms with Crippen LogP contribution in [-0.4, -0.2) is 14.5 Å². The second kappa shape index (κ2) is 6.14. The molecule has 0 amide bonds. The van der Waals surface area contributed by atoms with Crippen LogP contribution in [0.3, 0.4) is 0 Å². The molecule has 3 nitrogen and oxygen atoms in total. The Balaban J connectivity index is 1.70. The van der Waals surface area contributed by atoms with E-state index >= 15 is 0 Å². The van der Waals surface area contributed by atoms with Crippen LogP contribution in [-0.2, 0) is 7.05 Å². The molecule has 0 spiro atoms. The summed E-state index contributed by atoms with van der Waals surface area (Å²) in [6.07, 6.45) is 1.69. The summed E-state index contributed by atoms with van der Waals surface area (Å²) in [6, 6.07) is 24.1. The summed E-state index contributed by atoms with van der Waals surface area (Å²) in [5, 5.41) is 6.14. The van der Waals surface area contributed by atoms with Crippen molar-refractivity contribution in [1.82, 2.24) is 14.5 Å². The highest BCUT2D eigenvalue weighted by Crippen LogP contribution is 2.36. The lowest BCUT2D eigenvalue weighted by atomic mass is 10.0. The van der Waals surface area contributed by atoms with Gasteiger partial charge in [-0.25, -0.2) is 9.97 Å². The van der Waals surface area contributed by atoms with Crippen LogP contribution in [0.5, 0.6) is 0 Å². The molecular weight excluding hydrogens is 366 g/mol. The highest BCUT2D eigenvalue weighted by Gasteiger charge is 2.16. The third-order valence-electron chi connectivity index (χ3n) is 6.36. The van der Waals surface area contributed by atoms with E-state index in [4.69, 9.17) is 9.97 Å². The predicted molar refractivity (Wildman–Crippen MR) is 126 cm³/mol. The van der Waals surface area contributed by atoms with Gasteiger partial charge in [-0.1, -0.05) is 48.5 Å². The second-order valence-corrected chi connectivity index (χ2v) is 8.19. The van der Waals surface area contributed by atoms with Gasteiger partial charge in [0, 0.05) is 18.0 Å². The molecular formula is C27H21N3. The maximum Gasteiger partial charge on any atom is 0.116 e. The van der Waals surface area contributed by atoms with Crippen LogP contribution in [0.4, 0.5) is 0 Å². The Hall–Kier alpha value is -3.72. The average molecular weight is 387 g/mol. The quantitative estimate of drug-likeness (QED) is 0.314. The van der Waals surface area contributed by atoms with E-state index in [1.165, 1.54) is 43.6 Å². The van der Waals surface area contributed by atoms with Gasteiger partial charge in [-0.3, -0.25) is 0 Å². The lowest BCUT2D eigenvalue weighted by molar-refractivity contribution is 1.01. The number of benzene rings is 4. The van der Waals surface area contributed by atoms with Crippen molar-refractivity contribution in [2.24, 2.45) is 7.05 Å².